The van der Waals surface area contributed by atoms with Gasteiger partial charge in [0.1, 0.15) is 11.5 Å². The first-order chi connectivity index (χ1) is 18.5. The Morgan fingerprint density at radius 1 is 0.842 bits per heavy atom. The molecule has 2 atom stereocenters. The van der Waals surface area contributed by atoms with Crippen LogP contribution in [-0.4, -0.2) is 17.0 Å². The molecule has 0 amide bonds. The molecule has 13 heteroatoms. The van der Waals surface area contributed by atoms with Gasteiger partial charge in [-0.15, -0.1) is 0 Å². The molecule has 5 rings (SSSR count). The summed E-state index contributed by atoms with van der Waals surface area (Å²) in [6.07, 6.45) is 0. The molecular weight excluding hydrogens is 631 g/mol. The predicted molar refractivity (Wildman–Crippen MR) is 162 cm³/mol. The van der Waals surface area contributed by atoms with E-state index in [0.717, 1.165) is 22.3 Å². The number of phenols is 1. The summed E-state index contributed by atoms with van der Waals surface area (Å²) in [5, 5.41) is 10.4. The Balaban J connectivity index is 0.000000208. The number of fused-ring (bicyclic) bond motifs is 3. The van der Waals surface area contributed by atoms with Crippen molar-refractivity contribution in [3.8, 4) is 33.8 Å². The number of phenolic OH excluding ortho intramolecular Hbond substituents is 1. The zero-order chi connectivity index (χ0) is 28.9. The molecule has 38 heavy (non-hydrogen) atoms. The minimum atomic E-state index is -3.24. The van der Waals surface area contributed by atoms with Gasteiger partial charge in [0.25, 0.3) is 1.43 Å². The summed E-state index contributed by atoms with van der Waals surface area (Å²) in [6, 6.07) is 32.0. The number of hydrogen-bond acceptors (Lipinski definition) is 6. The van der Waals surface area contributed by atoms with Gasteiger partial charge in [-0.3, -0.25) is 9.13 Å². The quantitative estimate of drug-likeness (QED) is 0.130. The Bertz CT molecular complexity index is 1420. The number of aromatic hydroxyl groups is 1. The molecule has 4 aromatic carbocycles. The monoisotopic (exact) mass is 653 g/mol. The maximum atomic E-state index is 12.2. The van der Waals surface area contributed by atoms with Crippen molar-refractivity contribution in [2.75, 3.05) is 6.66 Å². The van der Waals surface area contributed by atoms with Crippen molar-refractivity contribution in [3.05, 3.63) is 103 Å². The van der Waals surface area contributed by atoms with Crippen LogP contribution in [-0.2, 0) is 13.8 Å². The predicted octanol–water partition coefficient (Wildman–Crippen LogP) is 10.4. The molecule has 6 nitrogen and oxygen atoms in total. The zero-order valence-electron chi connectivity index (χ0n) is 20.7. The van der Waals surface area contributed by atoms with Crippen LogP contribution in [0.25, 0.3) is 23.7 Å². The SMILES string of the molecule is O=P(Cl)(Cl)Cl.O=P1(Cl)Oc2ccccc2-c2ccccc21.Oc1ccccc1-c1ccccc1.[2H]OOPC. The van der Waals surface area contributed by atoms with Crippen molar-refractivity contribution in [3.63, 3.8) is 0 Å². The molecule has 0 fully saturated rings. The van der Waals surface area contributed by atoms with Crippen LogP contribution in [0.2, 0.25) is 0 Å². The van der Waals surface area contributed by atoms with Crippen LogP contribution >= 0.6 is 65.7 Å². The average Bonchev–Trinajstić information content (AvgIpc) is 2.90. The van der Waals surface area contributed by atoms with E-state index in [-0.39, 0.29) is 8.81 Å². The largest absolute Gasteiger partial charge is 0.507 e. The molecule has 2 unspecified atom stereocenters. The molecule has 0 aromatic heterocycles. The van der Waals surface area contributed by atoms with Gasteiger partial charge in [0.15, 0.2) is 0 Å². The van der Waals surface area contributed by atoms with Gasteiger partial charge in [0, 0.05) is 16.7 Å². The Hall–Kier alpha value is -1.55. The molecule has 0 saturated carbocycles. The number of rotatable bonds is 3. The van der Waals surface area contributed by atoms with Crippen molar-refractivity contribution in [1.82, 2.24) is 0 Å². The normalized spacial score (nSPS) is 15.6. The second kappa shape index (κ2) is 15.9. The first-order valence-corrected chi connectivity index (χ1v) is 19.0. The Morgan fingerprint density at radius 3 is 1.89 bits per heavy atom. The minimum Gasteiger partial charge on any atom is -0.507 e. The molecule has 2 N–H and O–H groups in total. The Kier molecular flexibility index (Phi) is 13.0. The minimum absolute atomic E-state index is 0.248. The highest BCUT2D eigenvalue weighted by Gasteiger charge is 2.33. The van der Waals surface area contributed by atoms with E-state index >= 15 is 0 Å². The van der Waals surface area contributed by atoms with Crippen molar-refractivity contribution in [2.24, 2.45) is 0 Å². The highest BCUT2D eigenvalue weighted by Crippen LogP contribution is 2.61. The highest BCUT2D eigenvalue weighted by molar-refractivity contribution is 8.24. The standard InChI is InChI=1S/C12H8ClO2P.C12H10O.CH5O2P.Cl3OP/c13-16(14)12-8-4-2-6-10(12)9-5-1-3-7-11(9)15-16;13-12-9-5-4-8-11(12)10-6-2-1-3-7-10;1-4-3-2;1-5(2,3)4/h1-8H;1-9,13H;2,4H,1H3;/i/hD. The van der Waals surface area contributed by atoms with Crippen LogP contribution in [0.1, 0.15) is 0 Å². The highest BCUT2D eigenvalue weighted by atomic mass is 36.0. The lowest BCUT2D eigenvalue weighted by atomic mass is 10.0. The van der Waals surface area contributed by atoms with Gasteiger partial charge in [0.2, 0.25) is 0 Å². The third kappa shape index (κ3) is 10.9. The zero-order valence-corrected chi connectivity index (χ0v) is 25.5. The van der Waals surface area contributed by atoms with E-state index in [4.69, 9.17) is 17.2 Å². The number of benzene rings is 4. The van der Waals surface area contributed by atoms with Gasteiger partial charge < -0.3 is 9.63 Å². The summed E-state index contributed by atoms with van der Waals surface area (Å²) in [4.78, 5) is 0. The van der Waals surface area contributed by atoms with E-state index in [9.17, 15) is 14.2 Å². The van der Waals surface area contributed by atoms with Crippen LogP contribution in [0, 0.1) is 0 Å². The Morgan fingerprint density at radius 2 is 1.34 bits per heavy atom. The summed E-state index contributed by atoms with van der Waals surface area (Å²) in [6.45, 7) is -1.46. The van der Waals surface area contributed by atoms with Gasteiger partial charge in [-0.2, -0.15) is 0 Å². The fourth-order valence-electron chi connectivity index (χ4n) is 3.21. The van der Waals surface area contributed by atoms with Crippen molar-refractivity contribution < 1.29 is 28.7 Å². The van der Waals surface area contributed by atoms with Gasteiger partial charge in [-0.25, -0.2) is 9.93 Å². The molecule has 1 aliphatic rings. The van der Waals surface area contributed by atoms with Gasteiger partial charge in [-0.1, -0.05) is 84.9 Å². The summed E-state index contributed by atoms with van der Waals surface area (Å²) in [5.74, 6) is 0.910. The lowest BCUT2D eigenvalue weighted by molar-refractivity contribution is -0.122. The summed E-state index contributed by atoms with van der Waals surface area (Å²) < 4.78 is 37.0. The maximum absolute atomic E-state index is 12.2. The van der Waals surface area contributed by atoms with Crippen LogP contribution < -0.4 is 9.83 Å². The molecule has 0 saturated heterocycles. The van der Waals surface area contributed by atoms with E-state index in [0.29, 0.717) is 16.8 Å². The molecule has 1 heterocycles. The average molecular weight is 655 g/mol. The van der Waals surface area contributed by atoms with Crippen molar-refractivity contribution in [2.45, 2.75) is 0 Å². The summed E-state index contributed by atoms with van der Waals surface area (Å²) in [5.41, 5.74) is 3.75. The smallest absolute Gasteiger partial charge is 0.367 e. The van der Waals surface area contributed by atoms with E-state index in [1.54, 1.807) is 24.9 Å². The number of hydrogen-bond donors (Lipinski definition) is 2. The second-order valence-corrected chi connectivity index (χ2v) is 17.3. The topological polar surface area (TPSA) is 93.1 Å². The molecule has 202 valence electrons. The van der Waals surface area contributed by atoms with Crippen LogP contribution in [0.3, 0.4) is 0 Å². The molecule has 4 aromatic rings. The first kappa shape index (κ1) is 31.0. The molecule has 0 radical (unpaired) electrons. The molecule has 0 aliphatic carbocycles. The van der Waals surface area contributed by atoms with Gasteiger partial charge in [-0.05, 0) is 75.4 Å². The molecular formula is C25H23Cl4O6P3. The Labute approximate surface area is 243 Å². The lowest BCUT2D eigenvalue weighted by Gasteiger charge is -2.23. The number of halogens is 4. The number of para-hydroxylation sites is 2. The third-order valence-electron chi connectivity index (χ3n) is 4.66. The lowest BCUT2D eigenvalue weighted by Crippen LogP contribution is -2.13. The van der Waals surface area contributed by atoms with Crippen LogP contribution in [0.4, 0.5) is 0 Å². The molecule has 0 spiro atoms. The first-order valence-electron chi connectivity index (χ1n) is 11.0. The van der Waals surface area contributed by atoms with Gasteiger partial charge >= 0.3 is 11.9 Å². The van der Waals surface area contributed by atoms with Gasteiger partial charge in [0.05, 0.1) is 14.1 Å². The van der Waals surface area contributed by atoms with Crippen molar-refractivity contribution >= 4 is 71.0 Å². The van der Waals surface area contributed by atoms with Crippen molar-refractivity contribution in [1.29, 1.82) is 1.43 Å². The van der Waals surface area contributed by atoms with Crippen LogP contribution in [0.15, 0.2) is 103 Å². The fraction of sp³-hybridized carbons (Fsp3) is 0.0400. The maximum Gasteiger partial charge on any atom is 0.367 e. The van der Waals surface area contributed by atoms with E-state index in [1.165, 1.54) is 0 Å². The summed E-state index contributed by atoms with van der Waals surface area (Å²) in [7, 11) is 0.248. The van der Waals surface area contributed by atoms with E-state index in [2.05, 4.69) is 43.7 Å². The van der Waals surface area contributed by atoms with E-state index < -0.39 is 11.9 Å². The summed E-state index contributed by atoms with van der Waals surface area (Å²) >= 11 is 19.8. The van der Waals surface area contributed by atoms with Crippen LogP contribution in [0.5, 0.6) is 11.5 Å². The molecule has 0 bridgehead atoms. The molecule has 1 aliphatic heterocycles. The van der Waals surface area contributed by atoms with E-state index in [1.807, 2.05) is 84.9 Å². The third-order valence-corrected chi connectivity index (χ3v) is 6.97. The fourth-order valence-corrected chi connectivity index (χ4v) is 5.14. The second-order valence-electron chi connectivity index (χ2n) is 7.15.